The van der Waals surface area contributed by atoms with Crippen LogP contribution >= 0.6 is 11.3 Å². The summed E-state index contributed by atoms with van der Waals surface area (Å²) in [5.74, 6) is 1.04. The summed E-state index contributed by atoms with van der Waals surface area (Å²) in [6.45, 7) is 2.69. The zero-order valence-corrected chi connectivity index (χ0v) is 16.5. The van der Waals surface area contributed by atoms with E-state index in [9.17, 15) is 4.79 Å². The van der Waals surface area contributed by atoms with Crippen LogP contribution in [0.5, 0.6) is 11.5 Å². The van der Waals surface area contributed by atoms with Crippen LogP contribution in [-0.2, 0) is 4.74 Å². The Bertz CT molecular complexity index is 731. The van der Waals surface area contributed by atoms with Gasteiger partial charge in [-0.05, 0) is 12.1 Å². The number of methoxy groups -OCH3 is 2. The Balaban J connectivity index is 1.65. The highest BCUT2D eigenvalue weighted by Gasteiger charge is 2.24. The number of rotatable bonds is 8. The molecule has 0 radical (unpaired) electrons. The molecule has 0 saturated carbocycles. The number of carbonyl (C=O) groups excluding carboxylic acids is 1. The number of anilines is 1. The molecule has 3 rings (SSSR count). The lowest BCUT2D eigenvalue weighted by atomic mass is 10.1. The summed E-state index contributed by atoms with van der Waals surface area (Å²) < 4.78 is 16.5. The van der Waals surface area contributed by atoms with Gasteiger partial charge in [-0.3, -0.25) is 4.79 Å². The zero-order valence-electron chi connectivity index (χ0n) is 15.6. The summed E-state index contributed by atoms with van der Waals surface area (Å²) in [7, 11) is 3.20. The fourth-order valence-corrected chi connectivity index (χ4v) is 3.69. The second-order valence-corrected chi connectivity index (χ2v) is 7.10. The first kappa shape index (κ1) is 19.4. The number of hydrogen-bond acceptors (Lipinski definition) is 7. The highest BCUT2D eigenvalue weighted by molar-refractivity contribution is 7.13. The predicted molar refractivity (Wildman–Crippen MR) is 105 cm³/mol. The Kier molecular flexibility index (Phi) is 6.89. The van der Waals surface area contributed by atoms with Crippen LogP contribution in [0.1, 0.15) is 23.2 Å². The quantitative estimate of drug-likeness (QED) is 0.698. The lowest BCUT2D eigenvalue weighted by Gasteiger charge is -2.32. The predicted octanol–water partition coefficient (Wildman–Crippen LogP) is 2.58. The van der Waals surface area contributed by atoms with E-state index in [-0.39, 0.29) is 12.0 Å². The molecule has 0 bridgehead atoms. The van der Waals surface area contributed by atoms with Crippen LogP contribution in [0.4, 0.5) is 5.13 Å². The molecular formula is C19H25N3O4S. The van der Waals surface area contributed by atoms with Crippen LogP contribution < -0.4 is 19.7 Å². The molecule has 0 aliphatic carbocycles. The Hall–Kier alpha value is -2.32. The molecule has 2 heterocycles. The van der Waals surface area contributed by atoms with Gasteiger partial charge in [0.2, 0.25) is 0 Å². The van der Waals surface area contributed by atoms with Crippen LogP contribution in [0.15, 0.2) is 29.8 Å². The third-order valence-corrected chi connectivity index (χ3v) is 5.28. The molecule has 27 heavy (non-hydrogen) atoms. The molecule has 1 saturated heterocycles. The number of thiazole rings is 1. The molecule has 2 aromatic rings. The number of amides is 1. The molecule has 1 aliphatic heterocycles. The first-order valence-electron chi connectivity index (χ1n) is 8.97. The van der Waals surface area contributed by atoms with E-state index in [1.807, 2.05) is 11.6 Å². The molecule has 7 nitrogen and oxygen atoms in total. The summed E-state index contributed by atoms with van der Waals surface area (Å²) in [6, 6.07) is 5.28. The maximum Gasteiger partial charge on any atom is 0.255 e. The van der Waals surface area contributed by atoms with Crippen molar-refractivity contribution < 1.29 is 19.0 Å². The van der Waals surface area contributed by atoms with E-state index in [0.29, 0.717) is 30.2 Å². The molecule has 0 atom stereocenters. The maximum absolute atomic E-state index is 12.5. The molecule has 0 unspecified atom stereocenters. The van der Waals surface area contributed by atoms with Crippen molar-refractivity contribution in [1.82, 2.24) is 10.3 Å². The van der Waals surface area contributed by atoms with Gasteiger partial charge in [0.05, 0.1) is 19.3 Å². The van der Waals surface area contributed by atoms with Crippen molar-refractivity contribution >= 4 is 22.4 Å². The van der Waals surface area contributed by atoms with Crippen molar-refractivity contribution in [2.45, 2.75) is 18.9 Å². The minimum atomic E-state index is -0.176. The highest BCUT2D eigenvalue weighted by Crippen LogP contribution is 2.29. The minimum Gasteiger partial charge on any atom is -0.497 e. The lowest BCUT2D eigenvalue weighted by Crippen LogP contribution is -2.38. The summed E-state index contributed by atoms with van der Waals surface area (Å²) in [5, 5.41) is 5.88. The number of ether oxygens (including phenoxy) is 3. The number of benzene rings is 1. The van der Waals surface area contributed by atoms with E-state index < -0.39 is 0 Å². The Morgan fingerprint density at radius 3 is 2.81 bits per heavy atom. The van der Waals surface area contributed by atoms with Crippen LogP contribution in [0.3, 0.4) is 0 Å². The largest absolute Gasteiger partial charge is 0.497 e. The van der Waals surface area contributed by atoms with Gasteiger partial charge in [0, 0.05) is 57.2 Å². The average Bonchev–Trinajstić information content (AvgIpc) is 3.23. The van der Waals surface area contributed by atoms with Gasteiger partial charge in [-0.25, -0.2) is 4.98 Å². The van der Waals surface area contributed by atoms with Crippen molar-refractivity contribution in [1.29, 1.82) is 0 Å². The molecule has 1 aromatic heterocycles. The van der Waals surface area contributed by atoms with Gasteiger partial charge in [-0.2, -0.15) is 0 Å². The first-order chi connectivity index (χ1) is 13.2. The van der Waals surface area contributed by atoms with Crippen LogP contribution in [0.2, 0.25) is 0 Å². The van der Waals surface area contributed by atoms with Crippen LogP contribution in [0.25, 0.3) is 0 Å². The maximum atomic E-state index is 12.5. The average molecular weight is 391 g/mol. The van der Waals surface area contributed by atoms with E-state index >= 15 is 0 Å². The molecule has 1 aliphatic rings. The molecule has 8 heteroatoms. The molecule has 0 spiro atoms. The van der Waals surface area contributed by atoms with Crippen molar-refractivity contribution in [3.05, 3.63) is 35.3 Å². The van der Waals surface area contributed by atoms with Gasteiger partial charge in [-0.15, -0.1) is 11.3 Å². The number of nitrogens with one attached hydrogen (secondary N) is 1. The van der Waals surface area contributed by atoms with E-state index in [2.05, 4.69) is 15.2 Å². The van der Waals surface area contributed by atoms with Crippen LogP contribution in [-0.4, -0.2) is 57.5 Å². The van der Waals surface area contributed by atoms with E-state index in [4.69, 9.17) is 14.2 Å². The van der Waals surface area contributed by atoms with Gasteiger partial charge in [-0.1, -0.05) is 0 Å². The fraction of sp³-hybridized carbons (Fsp3) is 0.474. The van der Waals surface area contributed by atoms with Gasteiger partial charge in [0.15, 0.2) is 5.13 Å². The van der Waals surface area contributed by atoms with Crippen molar-refractivity contribution in [3.8, 4) is 11.5 Å². The monoisotopic (exact) mass is 391 g/mol. The first-order valence-corrected chi connectivity index (χ1v) is 9.85. The standard InChI is InChI=1S/C19H25N3O4S/c1-24-11-7-20-18(23)16-4-3-15(25-2)13-17(16)26-14-5-9-22(10-6-14)19-21-8-12-27-19/h3-4,8,12-14H,5-7,9-11H2,1-2H3,(H,20,23). The smallest absolute Gasteiger partial charge is 0.255 e. The molecular weight excluding hydrogens is 366 g/mol. The van der Waals surface area contributed by atoms with Gasteiger partial charge < -0.3 is 24.4 Å². The normalized spacial score (nSPS) is 14.8. The highest BCUT2D eigenvalue weighted by atomic mass is 32.1. The third kappa shape index (κ3) is 5.11. The molecule has 1 amide bonds. The number of carbonyl (C=O) groups is 1. The van der Waals surface area contributed by atoms with Crippen LogP contribution in [0, 0.1) is 0 Å². The fourth-order valence-electron chi connectivity index (χ4n) is 2.99. The van der Waals surface area contributed by atoms with Crippen molar-refractivity contribution in [2.75, 3.05) is 45.4 Å². The van der Waals surface area contributed by atoms with E-state index in [1.165, 1.54) is 0 Å². The number of hydrogen-bond donors (Lipinski definition) is 1. The summed E-state index contributed by atoms with van der Waals surface area (Å²) >= 11 is 1.65. The Morgan fingerprint density at radius 2 is 2.15 bits per heavy atom. The van der Waals surface area contributed by atoms with Gasteiger partial charge in [0.25, 0.3) is 5.91 Å². The zero-order chi connectivity index (χ0) is 19.1. The molecule has 1 aromatic carbocycles. The Morgan fingerprint density at radius 1 is 1.33 bits per heavy atom. The number of aromatic nitrogens is 1. The summed E-state index contributed by atoms with van der Waals surface area (Å²) in [6.07, 6.45) is 3.63. The second-order valence-electron chi connectivity index (χ2n) is 6.23. The van der Waals surface area contributed by atoms with Gasteiger partial charge in [0.1, 0.15) is 17.6 Å². The number of nitrogens with zero attached hydrogens (tertiary/aromatic N) is 2. The third-order valence-electron chi connectivity index (χ3n) is 4.45. The molecule has 1 N–H and O–H groups in total. The minimum absolute atomic E-state index is 0.0545. The molecule has 1 fully saturated rings. The topological polar surface area (TPSA) is 72.9 Å². The lowest BCUT2D eigenvalue weighted by molar-refractivity contribution is 0.0927. The summed E-state index contributed by atoms with van der Waals surface area (Å²) in [5.41, 5.74) is 0.509. The van der Waals surface area contributed by atoms with Crippen molar-refractivity contribution in [2.24, 2.45) is 0 Å². The SMILES string of the molecule is COCCNC(=O)c1ccc(OC)cc1OC1CCN(c2nccs2)CC1. The second kappa shape index (κ2) is 9.57. The van der Waals surface area contributed by atoms with Crippen molar-refractivity contribution in [3.63, 3.8) is 0 Å². The van der Waals surface area contributed by atoms with E-state index in [0.717, 1.165) is 31.1 Å². The Labute approximate surface area is 163 Å². The summed E-state index contributed by atoms with van der Waals surface area (Å²) in [4.78, 5) is 19.1. The molecule has 146 valence electrons. The number of piperidine rings is 1. The van der Waals surface area contributed by atoms with E-state index in [1.54, 1.807) is 43.8 Å². The van der Waals surface area contributed by atoms with Gasteiger partial charge >= 0.3 is 0 Å².